The van der Waals surface area contributed by atoms with Gasteiger partial charge in [0.1, 0.15) is 0 Å². The summed E-state index contributed by atoms with van der Waals surface area (Å²) < 4.78 is 12.6. The number of aryl methyl sites for hydroxylation is 1. The summed E-state index contributed by atoms with van der Waals surface area (Å²) >= 11 is 0. The average molecular weight is 337 g/mol. The first-order valence-electron chi connectivity index (χ1n) is 8.38. The fourth-order valence-corrected chi connectivity index (χ4v) is 3.01. The van der Waals surface area contributed by atoms with E-state index >= 15 is 0 Å². The van der Waals surface area contributed by atoms with Crippen LogP contribution in [-0.2, 0) is 13.1 Å². The fraction of sp³-hybridized carbons (Fsp3) is 0.263. The molecule has 1 N–H and O–H groups in total. The zero-order valence-electron chi connectivity index (χ0n) is 14.0. The molecular weight excluding hydrogens is 318 g/mol. The molecule has 1 aliphatic rings. The average Bonchev–Trinajstić information content (AvgIpc) is 3.24. The molecule has 1 aromatic heterocycles. The molecule has 0 radical (unpaired) electrons. The number of ether oxygens (including phenoxy) is 2. The summed E-state index contributed by atoms with van der Waals surface area (Å²) in [5, 5.41) is 8.67. The summed E-state index contributed by atoms with van der Waals surface area (Å²) in [7, 11) is 0. The van der Waals surface area contributed by atoms with Crippen molar-refractivity contribution in [3.63, 3.8) is 0 Å². The third-order valence-electron chi connectivity index (χ3n) is 4.22. The number of rotatable bonds is 5. The van der Waals surface area contributed by atoms with Gasteiger partial charge in [0.05, 0.1) is 17.8 Å². The molecule has 0 aliphatic carbocycles. The Hall–Kier alpha value is -3.02. The molecule has 1 aliphatic heterocycles. The van der Waals surface area contributed by atoms with Gasteiger partial charge in [-0.05, 0) is 30.7 Å². The number of aromatic nitrogens is 2. The highest BCUT2D eigenvalue weighted by Crippen LogP contribution is 2.32. The molecular formula is C19H19N3O3. The molecule has 1 amide bonds. The molecule has 2 heterocycles. The Morgan fingerprint density at radius 2 is 2.04 bits per heavy atom. The largest absolute Gasteiger partial charge is 0.454 e. The number of hydrogen-bond donors (Lipinski definition) is 1. The molecule has 3 aromatic rings. The lowest BCUT2D eigenvalue weighted by atomic mass is 10.1. The third-order valence-corrected chi connectivity index (χ3v) is 4.22. The Bertz CT molecular complexity index is 933. The number of nitrogens with one attached hydrogen (secondary N) is 1. The third kappa shape index (κ3) is 2.91. The minimum absolute atomic E-state index is 0.160. The van der Waals surface area contributed by atoms with Crippen LogP contribution >= 0.6 is 0 Å². The van der Waals surface area contributed by atoms with E-state index < -0.39 is 0 Å². The number of amides is 1. The molecule has 25 heavy (non-hydrogen) atoms. The summed E-state index contributed by atoms with van der Waals surface area (Å²) in [4.78, 5) is 12.4. The molecule has 0 atom stereocenters. The van der Waals surface area contributed by atoms with E-state index in [9.17, 15) is 4.79 Å². The summed E-state index contributed by atoms with van der Waals surface area (Å²) in [5.41, 5.74) is 2.51. The minimum Gasteiger partial charge on any atom is -0.454 e. The Morgan fingerprint density at radius 1 is 1.20 bits per heavy atom. The van der Waals surface area contributed by atoms with Gasteiger partial charge in [0, 0.05) is 17.5 Å². The van der Waals surface area contributed by atoms with Crippen molar-refractivity contribution >= 4 is 16.8 Å². The summed E-state index contributed by atoms with van der Waals surface area (Å²) in [6.07, 6.45) is 1.01. The second-order valence-electron chi connectivity index (χ2n) is 5.94. The monoisotopic (exact) mass is 337 g/mol. The van der Waals surface area contributed by atoms with E-state index in [0.29, 0.717) is 23.6 Å². The zero-order chi connectivity index (χ0) is 17.2. The van der Waals surface area contributed by atoms with Crippen molar-refractivity contribution in [3.8, 4) is 11.5 Å². The molecule has 0 bridgehead atoms. The van der Waals surface area contributed by atoms with Gasteiger partial charge >= 0.3 is 0 Å². The molecule has 0 saturated carbocycles. The van der Waals surface area contributed by atoms with Gasteiger partial charge in [-0.25, -0.2) is 0 Å². The van der Waals surface area contributed by atoms with Crippen LogP contribution in [0.5, 0.6) is 11.5 Å². The maximum atomic E-state index is 12.4. The smallest absolute Gasteiger partial charge is 0.251 e. The highest BCUT2D eigenvalue weighted by Gasteiger charge is 2.17. The molecule has 0 fully saturated rings. The first-order valence-corrected chi connectivity index (χ1v) is 8.38. The maximum Gasteiger partial charge on any atom is 0.251 e. The molecule has 4 rings (SSSR count). The van der Waals surface area contributed by atoms with Crippen LogP contribution in [0.4, 0.5) is 0 Å². The number of fused-ring (bicyclic) bond motifs is 2. The fourth-order valence-electron chi connectivity index (χ4n) is 3.01. The molecule has 6 nitrogen and oxygen atoms in total. The lowest BCUT2D eigenvalue weighted by molar-refractivity contribution is 0.0950. The lowest BCUT2D eigenvalue weighted by Gasteiger charge is -2.05. The normalized spacial score (nSPS) is 12.5. The number of carbonyl (C=O) groups is 1. The van der Waals surface area contributed by atoms with Crippen molar-refractivity contribution in [2.24, 2.45) is 0 Å². The van der Waals surface area contributed by atoms with E-state index in [-0.39, 0.29) is 12.7 Å². The van der Waals surface area contributed by atoms with Gasteiger partial charge in [-0.3, -0.25) is 9.48 Å². The number of hydrogen-bond acceptors (Lipinski definition) is 4. The van der Waals surface area contributed by atoms with E-state index in [2.05, 4.69) is 23.4 Å². The second kappa shape index (κ2) is 6.47. The van der Waals surface area contributed by atoms with E-state index in [0.717, 1.165) is 29.6 Å². The van der Waals surface area contributed by atoms with Crippen molar-refractivity contribution in [2.45, 2.75) is 26.4 Å². The second-order valence-corrected chi connectivity index (χ2v) is 5.94. The molecule has 128 valence electrons. The van der Waals surface area contributed by atoms with Gasteiger partial charge in [0.2, 0.25) is 6.79 Å². The van der Waals surface area contributed by atoms with Crippen LogP contribution in [0.2, 0.25) is 0 Å². The van der Waals surface area contributed by atoms with Crippen LogP contribution in [0.1, 0.15) is 29.4 Å². The Labute approximate surface area is 145 Å². The van der Waals surface area contributed by atoms with Gasteiger partial charge in [-0.1, -0.05) is 25.1 Å². The van der Waals surface area contributed by atoms with Gasteiger partial charge in [-0.2, -0.15) is 5.10 Å². The number of carbonyl (C=O) groups excluding carboxylic acids is 1. The Balaban J connectivity index is 1.53. The maximum absolute atomic E-state index is 12.4. The molecule has 0 spiro atoms. The summed E-state index contributed by atoms with van der Waals surface area (Å²) in [5.74, 6) is 1.11. The Morgan fingerprint density at radius 3 is 2.92 bits per heavy atom. The van der Waals surface area contributed by atoms with Gasteiger partial charge in [0.25, 0.3) is 5.91 Å². The van der Waals surface area contributed by atoms with Gasteiger partial charge in [-0.15, -0.1) is 0 Å². The van der Waals surface area contributed by atoms with E-state index in [1.165, 1.54) is 0 Å². The van der Waals surface area contributed by atoms with Crippen LogP contribution in [0.25, 0.3) is 10.9 Å². The first kappa shape index (κ1) is 15.5. The number of benzene rings is 2. The van der Waals surface area contributed by atoms with E-state index in [1.807, 2.05) is 22.9 Å². The first-order chi connectivity index (χ1) is 12.3. The molecule has 2 aromatic carbocycles. The van der Waals surface area contributed by atoms with Crippen LogP contribution in [0.3, 0.4) is 0 Å². The van der Waals surface area contributed by atoms with Crippen molar-refractivity contribution in [3.05, 3.63) is 53.7 Å². The summed E-state index contributed by atoms with van der Waals surface area (Å²) in [6, 6.07) is 13.3. The minimum atomic E-state index is -0.160. The Kier molecular flexibility index (Phi) is 4.01. The standard InChI is InChI=1S/C19H19N3O3/c1-2-9-22-16-6-4-3-5-14(16)15(21-22)11-20-19(23)13-7-8-17-18(10-13)25-12-24-17/h3-8,10H,2,9,11-12H2,1H3,(H,20,23). The molecule has 0 saturated heterocycles. The van der Waals surface area contributed by atoms with Crippen LogP contribution in [0, 0.1) is 0 Å². The zero-order valence-corrected chi connectivity index (χ0v) is 14.0. The van der Waals surface area contributed by atoms with Gasteiger partial charge < -0.3 is 14.8 Å². The van der Waals surface area contributed by atoms with Crippen LogP contribution < -0.4 is 14.8 Å². The highest BCUT2D eigenvalue weighted by molar-refractivity contribution is 5.95. The predicted molar refractivity (Wildman–Crippen MR) is 93.8 cm³/mol. The molecule has 6 heteroatoms. The van der Waals surface area contributed by atoms with Crippen LogP contribution in [-0.4, -0.2) is 22.5 Å². The lowest BCUT2D eigenvalue weighted by Crippen LogP contribution is -2.23. The highest BCUT2D eigenvalue weighted by atomic mass is 16.7. The van der Waals surface area contributed by atoms with Crippen molar-refractivity contribution in [1.29, 1.82) is 0 Å². The number of nitrogens with zero attached hydrogens (tertiary/aromatic N) is 2. The topological polar surface area (TPSA) is 65.4 Å². The predicted octanol–water partition coefficient (Wildman–Crippen LogP) is 3.11. The van der Waals surface area contributed by atoms with Crippen LogP contribution in [0.15, 0.2) is 42.5 Å². The quantitative estimate of drug-likeness (QED) is 0.777. The SMILES string of the molecule is CCCn1nc(CNC(=O)c2ccc3c(c2)OCO3)c2ccccc21. The van der Waals surface area contributed by atoms with E-state index in [4.69, 9.17) is 9.47 Å². The van der Waals surface area contributed by atoms with Crippen molar-refractivity contribution in [1.82, 2.24) is 15.1 Å². The molecule has 0 unspecified atom stereocenters. The van der Waals surface area contributed by atoms with Crippen molar-refractivity contribution in [2.75, 3.05) is 6.79 Å². The number of para-hydroxylation sites is 1. The van der Waals surface area contributed by atoms with E-state index in [1.54, 1.807) is 18.2 Å². The van der Waals surface area contributed by atoms with Crippen molar-refractivity contribution < 1.29 is 14.3 Å². The van der Waals surface area contributed by atoms with Gasteiger partial charge in [0.15, 0.2) is 11.5 Å². The summed E-state index contributed by atoms with van der Waals surface area (Å²) in [6.45, 7) is 3.56.